The first-order valence-electron chi connectivity index (χ1n) is 9.01. The number of likely N-dealkylation sites (tertiary alicyclic amines) is 1. The zero-order valence-electron chi connectivity index (χ0n) is 14.8. The smallest absolute Gasteiger partial charge is 0.414 e. The fourth-order valence-electron chi connectivity index (χ4n) is 3.46. The number of nitrogens with zero attached hydrogens (tertiary/aromatic N) is 2. The van der Waals surface area contributed by atoms with Gasteiger partial charge in [-0.2, -0.15) is 0 Å². The summed E-state index contributed by atoms with van der Waals surface area (Å²) in [4.78, 5) is 27.5. The number of benzene rings is 2. The lowest BCUT2D eigenvalue weighted by atomic mass is 10.1. The van der Waals surface area contributed by atoms with Crippen LogP contribution in [-0.4, -0.2) is 39.5 Å². The second-order valence-corrected chi connectivity index (χ2v) is 6.66. The average Bonchev–Trinajstić information content (AvgIpc) is 2.84. The Hall–Kier alpha value is -2.66. The molecule has 136 valence electrons. The fraction of sp³-hybridized carbons (Fsp3) is 0.333. The van der Waals surface area contributed by atoms with Gasteiger partial charge >= 0.3 is 6.09 Å². The van der Waals surface area contributed by atoms with E-state index in [1.165, 1.54) is 0 Å². The van der Waals surface area contributed by atoms with E-state index in [0.29, 0.717) is 19.5 Å². The Morgan fingerprint density at radius 2 is 1.50 bits per heavy atom. The highest BCUT2D eigenvalue weighted by molar-refractivity contribution is 5.94. The molecule has 1 aliphatic rings. The summed E-state index contributed by atoms with van der Waals surface area (Å²) in [7, 11) is 0. The zero-order valence-corrected chi connectivity index (χ0v) is 14.8. The maximum Gasteiger partial charge on any atom is 0.414 e. The van der Waals surface area contributed by atoms with Gasteiger partial charge in [-0.15, -0.1) is 0 Å². The molecule has 1 saturated heterocycles. The van der Waals surface area contributed by atoms with Gasteiger partial charge in [0.05, 0.1) is 6.04 Å². The van der Waals surface area contributed by atoms with Crippen molar-refractivity contribution in [2.45, 2.75) is 38.4 Å². The molecule has 1 aliphatic heterocycles. The van der Waals surface area contributed by atoms with Gasteiger partial charge < -0.3 is 5.11 Å². The van der Waals surface area contributed by atoms with Crippen molar-refractivity contribution in [1.29, 1.82) is 0 Å². The Morgan fingerprint density at radius 1 is 0.962 bits per heavy atom. The molecule has 0 aliphatic carbocycles. The van der Waals surface area contributed by atoms with E-state index in [9.17, 15) is 14.7 Å². The number of hydrogen-bond donors (Lipinski definition) is 1. The first-order valence-corrected chi connectivity index (χ1v) is 9.01. The van der Waals surface area contributed by atoms with Crippen molar-refractivity contribution in [2.75, 3.05) is 6.54 Å². The first-order chi connectivity index (χ1) is 12.6. The molecule has 0 aromatic heterocycles. The molecule has 2 aromatic carbocycles. The molecule has 0 radical (unpaired) electrons. The molecule has 0 unspecified atom stereocenters. The minimum Gasteiger partial charge on any atom is -0.465 e. The van der Waals surface area contributed by atoms with Crippen molar-refractivity contribution in [3.63, 3.8) is 0 Å². The zero-order chi connectivity index (χ0) is 18.4. The largest absolute Gasteiger partial charge is 0.465 e. The molecule has 1 fully saturated rings. The highest BCUT2D eigenvalue weighted by atomic mass is 16.4. The molecule has 1 heterocycles. The third-order valence-electron chi connectivity index (χ3n) is 4.79. The molecule has 0 spiro atoms. The van der Waals surface area contributed by atoms with Crippen LogP contribution in [0, 0.1) is 0 Å². The van der Waals surface area contributed by atoms with E-state index in [1.54, 1.807) is 0 Å². The highest BCUT2D eigenvalue weighted by Gasteiger charge is 2.34. The Morgan fingerprint density at radius 3 is 2.00 bits per heavy atom. The molecule has 1 N–H and O–H groups in total. The molecule has 5 nitrogen and oxygen atoms in total. The molecule has 5 heteroatoms. The minimum atomic E-state index is -1.15. The van der Waals surface area contributed by atoms with Gasteiger partial charge in [0.1, 0.15) is 0 Å². The first kappa shape index (κ1) is 18.1. The van der Waals surface area contributed by atoms with Crippen molar-refractivity contribution >= 4 is 12.0 Å². The Bertz CT molecular complexity index is 692. The van der Waals surface area contributed by atoms with Gasteiger partial charge in [-0.1, -0.05) is 60.7 Å². The molecule has 2 amide bonds. The summed E-state index contributed by atoms with van der Waals surface area (Å²) in [5.74, 6) is -0.304. The van der Waals surface area contributed by atoms with E-state index in [4.69, 9.17) is 0 Å². The summed E-state index contributed by atoms with van der Waals surface area (Å²) in [5.41, 5.74) is 2.23. The van der Waals surface area contributed by atoms with Gasteiger partial charge in [0.25, 0.3) is 0 Å². The predicted octanol–water partition coefficient (Wildman–Crippen LogP) is 3.75. The standard InChI is InChI=1S/C21H24N2O3/c24-20-19(13-7-8-14-23(20)21(25)26)22(15-17-9-3-1-4-10-17)16-18-11-5-2-6-12-18/h1-6,9-12,19H,7-8,13-16H2,(H,25,26)/t19-/m1/s1. The molecule has 1 atom stereocenters. The molecule has 2 aromatic rings. The number of hydrogen-bond acceptors (Lipinski definition) is 3. The lowest BCUT2D eigenvalue weighted by Crippen LogP contribution is -2.48. The SMILES string of the molecule is O=C(O)N1CCCC[C@@H](N(Cc2ccccc2)Cc2ccccc2)C1=O. The number of rotatable bonds is 5. The summed E-state index contributed by atoms with van der Waals surface area (Å²) >= 11 is 0. The summed E-state index contributed by atoms with van der Waals surface area (Å²) in [5, 5.41) is 9.40. The number of carbonyl (C=O) groups is 2. The maximum absolute atomic E-state index is 12.9. The van der Waals surface area contributed by atoms with Crippen LogP contribution >= 0.6 is 0 Å². The number of amides is 2. The van der Waals surface area contributed by atoms with Crippen LogP contribution in [0.3, 0.4) is 0 Å². The van der Waals surface area contributed by atoms with Gasteiger partial charge in [0.2, 0.25) is 5.91 Å². The van der Waals surface area contributed by atoms with Gasteiger partial charge in [0, 0.05) is 19.6 Å². The van der Waals surface area contributed by atoms with Crippen LogP contribution < -0.4 is 0 Å². The fourth-order valence-corrected chi connectivity index (χ4v) is 3.46. The molecule has 26 heavy (non-hydrogen) atoms. The number of carboxylic acid groups (broad SMARTS) is 1. The second kappa shape index (κ2) is 8.63. The van der Waals surface area contributed by atoms with E-state index in [-0.39, 0.29) is 12.5 Å². The number of carbonyl (C=O) groups excluding carboxylic acids is 1. The summed E-state index contributed by atoms with van der Waals surface area (Å²) in [6, 6.07) is 19.6. The van der Waals surface area contributed by atoms with E-state index >= 15 is 0 Å². The Labute approximate surface area is 153 Å². The third-order valence-corrected chi connectivity index (χ3v) is 4.79. The summed E-state index contributed by atoms with van der Waals surface area (Å²) < 4.78 is 0. The van der Waals surface area contributed by atoms with Crippen molar-refractivity contribution in [2.24, 2.45) is 0 Å². The van der Waals surface area contributed by atoms with Crippen molar-refractivity contribution in [3.05, 3.63) is 71.8 Å². The van der Waals surface area contributed by atoms with E-state index in [0.717, 1.165) is 28.9 Å². The van der Waals surface area contributed by atoms with Crippen molar-refractivity contribution in [1.82, 2.24) is 9.80 Å². The Balaban J connectivity index is 1.87. The second-order valence-electron chi connectivity index (χ2n) is 6.66. The topological polar surface area (TPSA) is 60.9 Å². The van der Waals surface area contributed by atoms with Gasteiger partial charge in [0.15, 0.2) is 0 Å². The number of imide groups is 1. The Kier molecular flexibility index (Phi) is 6.02. The molecule has 0 bridgehead atoms. The lowest BCUT2D eigenvalue weighted by molar-refractivity contribution is -0.134. The average molecular weight is 352 g/mol. The van der Waals surface area contributed by atoms with E-state index < -0.39 is 12.1 Å². The minimum absolute atomic E-state index is 0.287. The molecular weight excluding hydrogens is 328 g/mol. The maximum atomic E-state index is 12.9. The van der Waals surface area contributed by atoms with Crippen LogP contribution in [0.25, 0.3) is 0 Å². The van der Waals surface area contributed by atoms with E-state index in [2.05, 4.69) is 4.90 Å². The summed E-state index contributed by atoms with van der Waals surface area (Å²) in [6.45, 7) is 1.51. The van der Waals surface area contributed by atoms with Crippen LogP contribution in [0.1, 0.15) is 30.4 Å². The van der Waals surface area contributed by atoms with Crippen LogP contribution in [0.15, 0.2) is 60.7 Å². The van der Waals surface area contributed by atoms with Gasteiger partial charge in [-0.3, -0.25) is 9.69 Å². The molecular formula is C21H24N2O3. The summed E-state index contributed by atoms with van der Waals surface area (Å²) in [6.07, 6.45) is 1.10. The normalized spacial score (nSPS) is 18.0. The van der Waals surface area contributed by atoms with Gasteiger partial charge in [-0.05, 0) is 30.4 Å². The molecule has 0 saturated carbocycles. The predicted molar refractivity (Wildman–Crippen MR) is 99.5 cm³/mol. The third kappa shape index (κ3) is 4.49. The van der Waals surface area contributed by atoms with Gasteiger partial charge in [-0.25, -0.2) is 9.69 Å². The quantitative estimate of drug-likeness (QED) is 0.890. The van der Waals surface area contributed by atoms with Crippen LogP contribution in [0.4, 0.5) is 4.79 Å². The monoisotopic (exact) mass is 352 g/mol. The van der Waals surface area contributed by atoms with Crippen molar-refractivity contribution in [3.8, 4) is 0 Å². The lowest BCUT2D eigenvalue weighted by Gasteiger charge is -2.31. The van der Waals surface area contributed by atoms with Crippen LogP contribution in [0.5, 0.6) is 0 Å². The van der Waals surface area contributed by atoms with E-state index in [1.807, 2.05) is 60.7 Å². The van der Waals surface area contributed by atoms with Crippen molar-refractivity contribution < 1.29 is 14.7 Å². The van der Waals surface area contributed by atoms with Crippen LogP contribution in [-0.2, 0) is 17.9 Å². The van der Waals surface area contributed by atoms with Crippen LogP contribution in [0.2, 0.25) is 0 Å². The highest BCUT2D eigenvalue weighted by Crippen LogP contribution is 2.22. The molecule has 3 rings (SSSR count).